The van der Waals surface area contributed by atoms with E-state index in [1.165, 1.54) is 10.9 Å². The SMILES string of the molecule is Cl.O=c1cc(N2CCNCC2)cnn1Cc1noc(-c2ccco2)n1. The molecule has 0 spiro atoms. The molecule has 0 aromatic carbocycles. The van der Waals surface area contributed by atoms with Crippen LogP contribution in [-0.4, -0.2) is 46.1 Å². The molecule has 0 amide bonds. The minimum atomic E-state index is -0.199. The quantitative estimate of drug-likeness (QED) is 0.724. The van der Waals surface area contributed by atoms with Crippen LogP contribution in [0.25, 0.3) is 11.7 Å². The van der Waals surface area contributed by atoms with Gasteiger partial charge in [-0.3, -0.25) is 4.79 Å². The van der Waals surface area contributed by atoms with Gasteiger partial charge >= 0.3 is 0 Å². The molecule has 1 fully saturated rings. The summed E-state index contributed by atoms with van der Waals surface area (Å²) in [5.74, 6) is 1.13. The predicted molar refractivity (Wildman–Crippen MR) is 91.9 cm³/mol. The average Bonchev–Trinajstić information content (AvgIpc) is 3.29. The maximum atomic E-state index is 12.3. The van der Waals surface area contributed by atoms with Crippen molar-refractivity contribution in [1.29, 1.82) is 0 Å². The first kappa shape index (κ1) is 17.2. The van der Waals surface area contributed by atoms with Crippen molar-refractivity contribution in [3.05, 3.63) is 46.8 Å². The Labute approximate surface area is 149 Å². The number of nitrogens with one attached hydrogen (secondary N) is 1. The van der Waals surface area contributed by atoms with E-state index in [4.69, 9.17) is 8.94 Å². The third-order valence-electron chi connectivity index (χ3n) is 3.83. The normalized spacial score (nSPS) is 14.3. The zero-order valence-corrected chi connectivity index (χ0v) is 14.1. The topological polar surface area (TPSA) is 102 Å². The maximum absolute atomic E-state index is 12.3. The van der Waals surface area contributed by atoms with E-state index in [-0.39, 0.29) is 30.4 Å². The Morgan fingerprint density at radius 1 is 1.28 bits per heavy atom. The molecule has 0 radical (unpaired) electrons. The van der Waals surface area contributed by atoms with E-state index in [1.807, 2.05) is 0 Å². The van der Waals surface area contributed by atoms with Gasteiger partial charge in [-0.15, -0.1) is 12.4 Å². The Bertz CT molecular complexity index is 870. The molecule has 1 aliphatic rings. The van der Waals surface area contributed by atoms with Crippen LogP contribution in [0, 0.1) is 0 Å². The van der Waals surface area contributed by atoms with Gasteiger partial charge in [-0.1, -0.05) is 5.16 Å². The maximum Gasteiger partial charge on any atom is 0.293 e. The minimum Gasteiger partial charge on any atom is -0.459 e. The molecule has 0 atom stereocenters. The lowest BCUT2D eigenvalue weighted by Gasteiger charge is -2.28. The highest BCUT2D eigenvalue weighted by atomic mass is 35.5. The summed E-state index contributed by atoms with van der Waals surface area (Å²) in [5, 5.41) is 11.4. The summed E-state index contributed by atoms with van der Waals surface area (Å²) in [4.78, 5) is 18.6. The summed E-state index contributed by atoms with van der Waals surface area (Å²) in [7, 11) is 0. The van der Waals surface area contributed by atoms with E-state index in [2.05, 4.69) is 25.5 Å². The number of anilines is 1. The van der Waals surface area contributed by atoms with Crippen molar-refractivity contribution in [3.8, 4) is 11.7 Å². The van der Waals surface area contributed by atoms with Crippen LogP contribution < -0.4 is 15.8 Å². The summed E-state index contributed by atoms with van der Waals surface area (Å²) in [6, 6.07) is 5.05. The second-order valence-electron chi connectivity index (χ2n) is 5.44. The van der Waals surface area contributed by atoms with Crippen molar-refractivity contribution >= 4 is 18.1 Å². The molecule has 0 saturated carbocycles. The standard InChI is InChI=1S/C15H16N6O3.ClH/c22-14-8-11(20-5-3-16-4-6-20)9-17-21(14)10-13-18-15(24-19-13)12-2-1-7-23-12;/h1-2,7-9,16H,3-6,10H2;1H. The van der Waals surface area contributed by atoms with Crippen LogP contribution in [0.15, 0.2) is 44.4 Å². The lowest BCUT2D eigenvalue weighted by atomic mass is 10.3. The molecule has 25 heavy (non-hydrogen) atoms. The number of halogens is 1. The molecule has 132 valence electrons. The van der Waals surface area contributed by atoms with Gasteiger partial charge in [-0.25, -0.2) is 4.68 Å². The molecule has 0 bridgehead atoms. The molecule has 1 N–H and O–H groups in total. The van der Waals surface area contributed by atoms with E-state index in [1.54, 1.807) is 24.4 Å². The molecule has 10 heteroatoms. The molecule has 1 aliphatic heterocycles. The van der Waals surface area contributed by atoms with Gasteiger partial charge in [0.05, 0.1) is 18.1 Å². The van der Waals surface area contributed by atoms with E-state index < -0.39 is 0 Å². The predicted octanol–water partition coefficient (Wildman–Crippen LogP) is 0.766. The molecular formula is C15H17ClN6O3. The van der Waals surface area contributed by atoms with E-state index >= 15 is 0 Å². The Hall–Kier alpha value is -2.65. The van der Waals surface area contributed by atoms with Crippen LogP contribution in [0.5, 0.6) is 0 Å². The number of hydrogen-bond donors (Lipinski definition) is 1. The number of nitrogens with zero attached hydrogens (tertiary/aromatic N) is 5. The molecule has 3 aromatic heterocycles. The van der Waals surface area contributed by atoms with Crippen LogP contribution in [0.3, 0.4) is 0 Å². The molecule has 1 saturated heterocycles. The summed E-state index contributed by atoms with van der Waals surface area (Å²) in [6.07, 6.45) is 3.22. The first-order valence-electron chi connectivity index (χ1n) is 7.69. The van der Waals surface area contributed by atoms with Gasteiger partial charge in [-0.2, -0.15) is 10.1 Å². The van der Waals surface area contributed by atoms with Gasteiger partial charge in [-0.05, 0) is 12.1 Å². The summed E-state index contributed by atoms with van der Waals surface area (Å²) >= 11 is 0. The number of piperazine rings is 1. The molecule has 4 rings (SSSR count). The zero-order chi connectivity index (χ0) is 16.4. The van der Waals surface area contributed by atoms with Crippen LogP contribution in [-0.2, 0) is 6.54 Å². The van der Waals surface area contributed by atoms with Crippen molar-refractivity contribution in [1.82, 2.24) is 25.2 Å². The Balaban J connectivity index is 0.00000182. The zero-order valence-electron chi connectivity index (χ0n) is 13.3. The van der Waals surface area contributed by atoms with Crippen molar-refractivity contribution in [3.63, 3.8) is 0 Å². The van der Waals surface area contributed by atoms with Gasteiger partial charge in [0.2, 0.25) is 0 Å². The van der Waals surface area contributed by atoms with Gasteiger partial charge in [0, 0.05) is 32.2 Å². The first-order valence-corrected chi connectivity index (χ1v) is 7.69. The number of hydrogen-bond acceptors (Lipinski definition) is 8. The van der Waals surface area contributed by atoms with Gasteiger partial charge in [0.1, 0.15) is 6.54 Å². The van der Waals surface area contributed by atoms with Crippen molar-refractivity contribution < 1.29 is 8.94 Å². The van der Waals surface area contributed by atoms with E-state index in [0.29, 0.717) is 11.6 Å². The second kappa shape index (κ2) is 7.49. The summed E-state index contributed by atoms with van der Waals surface area (Å²) < 4.78 is 11.6. The average molecular weight is 365 g/mol. The molecular weight excluding hydrogens is 348 g/mol. The van der Waals surface area contributed by atoms with Gasteiger partial charge < -0.3 is 19.2 Å². The number of rotatable bonds is 4. The smallest absolute Gasteiger partial charge is 0.293 e. The molecule has 3 aromatic rings. The third-order valence-corrected chi connectivity index (χ3v) is 3.83. The summed E-state index contributed by atoms with van der Waals surface area (Å²) in [5.41, 5.74) is 0.637. The lowest BCUT2D eigenvalue weighted by Crippen LogP contribution is -2.44. The van der Waals surface area contributed by atoms with E-state index in [0.717, 1.165) is 31.9 Å². The minimum absolute atomic E-state index is 0. The Morgan fingerprint density at radius 3 is 2.84 bits per heavy atom. The highest BCUT2D eigenvalue weighted by Gasteiger charge is 2.14. The van der Waals surface area contributed by atoms with E-state index in [9.17, 15) is 4.79 Å². The highest BCUT2D eigenvalue weighted by molar-refractivity contribution is 5.85. The number of aromatic nitrogens is 4. The molecule has 0 unspecified atom stereocenters. The fourth-order valence-electron chi connectivity index (χ4n) is 2.59. The fourth-order valence-corrected chi connectivity index (χ4v) is 2.59. The fraction of sp³-hybridized carbons (Fsp3) is 0.333. The first-order chi connectivity index (χ1) is 11.8. The monoisotopic (exact) mass is 364 g/mol. The van der Waals surface area contributed by atoms with Gasteiger partial charge in [0.25, 0.3) is 11.4 Å². The molecule has 9 nitrogen and oxygen atoms in total. The Morgan fingerprint density at radius 2 is 2.12 bits per heavy atom. The van der Waals surface area contributed by atoms with Crippen LogP contribution in [0.4, 0.5) is 5.69 Å². The largest absolute Gasteiger partial charge is 0.459 e. The lowest BCUT2D eigenvalue weighted by molar-refractivity contribution is 0.405. The van der Waals surface area contributed by atoms with Crippen LogP contribution in [0.1, 0.15) is 5.82 Å². The molecule has 0 aliphatic carbocycles. The van der Waals surface area contributed by atoms with Gasteiger partial charge in [0.15, 0.2) is 11.6 Å². The van der Waals surface area contributed by atoms with Crippen molar-refractivity contribution in [2.75, 3.05) is 31.1 Å². The van der Waals surface area contributed by atoms with Crippen LogP contribution in [0.2, 0.25) is 0 Å². The third kappa shape index (κ3) is 3.72. The number of furan rings is 1. The Kier molecular flexibility index (Phi) is 5.15. The summed E-state index contributed by atoms with van der Waals surface area (Å²) in [6.45, 7) is 3.68. The van der Waals surface area contributed by atoms with Crippen molar-refractivity contribution in [2.45, 2.75) is 6.54 Å². The highest BCUT2D eigenvalue weighted by Crippen LogP contribution is 2.17. The molecule has 4 heterocycles. The van der Waals surface area contributed by atoms with Crippen LogP contribution >= 0.6 is 12.4 Å². The second-order valence-corrected chi connectivity index (χ2v) is 5.44. The van der Waals surface area contributed by atoms with Crippen molar-refractivity contribution in [2.24, 2.45) is 0 Å².